The topological polar surface area (TPSA) is 108 Å². The second-order valence-electron chi connectivity index (χ2n) is 15.4. The van der Waals surface area contributed by atoms with Gasteiger partial charge in [-0.25, -0.2) is 4.57 Å². The lowest BCUT2D eigenvalue weighted by molar-refractivity contribution is -0.870. The maximum absolute atomic E-state index is 12.7. The Morgan fingerprint density at radius 2 is 1.00 bits per heavy atom. The number of phosphoric acid groups is 1. The summed E-state index contributed by atoms with van der Waals surface area (Å²) < 4.78 is 34.2. The summed E-state index contributed by atoms with van der Waals surface area (Å²) in [4.78, 5) is 35.3. The van der Waals surface area contributed by atoms with E-state index in [1.165, 1.54) is 51.4 Å². The molecule has 0 radical (unpaired) electrons. The molecule has 0 saturated carbocycles. The van der Waals surface area contributed by atoms with Gasteiger partial charge < -0.3 is 18.9 Å². The van der Waals surface area contributed by atoms with Crippen molar-refractivity contribution < 1.29 is 42.1 Å². The summed E-state index contributed by atoms with van der Waals surface area (Å²) in [6.07, 6.45) is 41.5. The molecule has 2 atom stereocenters. The van der Waals surface area contributed by atoms with E-state index in [4.69, 9.17) is 18.5 Å². The largest absolute Gasteiger partial charge is 0.472 e. The predicted octanol–water partition coefficient (Wildman–Crippen LogP) is 11.9. The summed E-state index contributed by atoms with van der Waals surface area (Å²) in [5.74, 6) is -0.834. The van der Waals surface area contributed by atoms with Crippen LogP contribution in [0, 0.1) is 0 Å². The number of rotatable bonds is 38. The number of esters is 2. The van der Waals surface area contributed by atoms with Crippen molar-refractivity contribution in [3.8, 4) is 0 Å². The fourth-order valence-electron chi connectivity index (χ4n) is 5.43. The van der Waals surface area contributed by atoms with Crippen LogP contribution in [-0.4, -0.2) is 74.9 Å². The van der Waals surface area contributed by atoms with Gasteiger partial charge in [0, 0.05) is 12.8 Å². The van der Waals surface area contributed by atoms with Crippen molar-refractivity contribution in [3.05, 3.63) is 48.6 Å². The van der Waals surface area contributed by atoms with Crippen molar-refractivity contribution in [2.45, 2.75) is 174 Å². The monoisotopic (exact) mass is 783 g/mol. The lowest BCUT2D eigenvalue weighted by atomic mass is 10.1. The summed E-state index contributed by atoms with van der Waals surface area (Å²) in [7, 11) is 1.45. The fourth-order valence-corrected chi connectivity index (χ4v) is 6.17. The van der Waals surface area contributed by atoms with Gasteiger partial charge in [-0.15, -0.1) is 0 Å². The van der Waals surface area contributed by atoms with Crippen molar-refractivity contribution in [1.82, 2.24) is 0 Å². The highest BCUT2D eigenvalue weighted by atomic mass is 31.2. The summed E-state index contributed by atoms with van der Waals surface area (Å²) >= 11 is 0. The molecule has 54 heavy (non-hydrogen) atoms. The number of hydrogen-bond donors (Lipinski definition) is 1. The molecule has 0 amide bonds. The molecule has 0 aromatic heterocycles. The number of allylic oxidation sites excluding steroid dienone is 8. The van der Waals surface area contributed by atoms with Gasteiger partial charge in [0.25, 0.3) is 0 Å². The molecule has 10 heteroatoms. The van der Waals surface area contributed by atoms with E-state index in [2.05, 4.69) is 62.5 Å². The van der Waals surface area contributed by atoms with E-state index in [-0.39, 0.29) is 32.0 Å². The third kappa shape index (κ3) is 39.7. The molecule has 0 rings (SSSR count). The van der Waals surface area contributed by atoms with Crippen molar-refractivity contribution in [2.75, 3.05) is 47.5 Å². The second-order valence-corrected chi connectivity index (χ2v) is 16.8. The van der Waals surface area contributed by atoms with Crippen LogP contribution >= 0.6 is 7.82 Å². The van der Waals surface area contributed by atoms with Crippen LogP contribution in [0.4, 0.5) is 0 Å². The number of nitrogens with zero attached hydrogens (tertiary/aromatic N) is 1. The van der Waals surface area contributed by atoms with Gasteiger partial charge in [0.2, 0.25) is 0 Å². The van der Waals surface area contributed by atoms with Gasteiger partial charge in [-0.05, 0) is 77.0 Å². The second kappa shape index (κ2) is 36.6. The van der Waals surface area contributed by atoms with E-state index in [1.54, 1.807) is 0 Å². The van der Waals surface area contributed by atoms with Crippen molar-refractivity contribution in [1.29, 1.82) is 0 Å². The molecular formula is C44H81NO8P+. The van der Waals surface area contributed by atoms with Crippen molar-refractivity contribution in [2.24, 2.45) is 0 Å². The van der Waals surface area contributed by atoms with Crippen LogP contribution in [0.2, 0.25) is 0 Å². The minimum Gasteiger partial charge on any atom is -0.462 e. The Morgan fingerprint density at radius 1 is 0.574 bits per heavy atom. The summed E-state index contributed by atoms with van der Waals surface area (Å²) in [5, 5.41) is 0. The van der Waals surface area contributed by atoms with Gasteiger partial charge in [0.05, 0.1) is 27.7 Å². The molecular weight excluding hydrogens is 701 g/mol. The molecule has 314 valence electrons. The summed E-state index contributed by atoms with van der Waals surface area (Å²) in [6, 6.07) is 0. The summed E-state index contributed by atoms with van der Waals surface area (Å²) in [5.41, 5.74) is 0. The van der Waals surface area contributed by atoms with Crippen LogP contribution < -0.4 is 0 Å². The molecule has 1 N–H and O–H groups in total. The highest BCUT2D eigenvalue weighted by Crippen LogP contribution is 2.43. The number of hydrogen-bond acceptors (Lipinski definition) is 7. The first-order valence-electron chi connectivity index (χ1n) is 21.4. The smallest absolute Gasteiger partial charge is 0.462 e. The molecule has 0 aliphatic rings. The zero-order valence-electron chi connectivity index (χ0n) is 35.2. The molecule has 0 aliphatic carbocycles. The number of ether oxygens (including phenoxy) is 2. The normalized spacial score (nSPS) is 14.1. The van der Waals surface area contributed by atoms with Gasteiger partial charge in [0.1, 0.15) is 19.8 Å². The van der Waals surface area contributed by atoms with Crippen LogP contribution in [0.1, 0.15) is 168 Å². The maximum atomic E-state index is 12.7. The Morgan fingerprint density at radius 3 is 1.46 bits per heavy atom. The molecule has 1 unspecified atom stereocenters. The molecule has 0 aromatic carbocycles. The highest BCUT2D eigenvalue weighted by Gasteiger charge is 2.27. The van der Waals surface area contributed by atoms with E-state index in [0.29, 0.717) is 17.4 Å². The average Bonchev–Trinajstić information content (AvgIpc) is 3.12. The van der Waals surface area contributed by atoms with Gasteiger partial charge in [-0.1, -0.05) is 127 Å². The van der Waals surface area contributed by atoms with Crippen LogP contribution in [0.25, 0.3) is 0 Å². The van der Waals surface area contributed by atoms with E-state index in [1.807, 2.05) is 21.1 Å². The number of likely N-dealkylation sites (N-methyl/N-ethyl adjacent to an activating group) is 1. The molecule has 0 saturated heterocycles. The third-order valence-corrected chi connectivity index (χ3v) is 9.82. The van der Waals surface area contributed by atoms with Crippen molar-refractivity contribution in [3.63, 3.8) is 0 Å². The number of carbonyl (C=O) groups excluding carboxylic acids is 2. The minimum atomic E-state index is -4.38. The Balaban J connectivity index is 4.44. The quantitative estimate of drug-likeness (QED) is 0.0217. The predicted molar refractivity (Wildman–Crippen MR) is 224 cm³/mol. The molecule has 0 aromatic rings. The zero-order chi connectivity index (χ0) is 40.0. The average molecular weight is 783 g/mol. The number of phosphoric ester groups is 1. The molecule has 0 spiro atoms. The van der Waals surface area contributed by atoms with Gasteiger partial charge in [-0.2, -0.15) is 0 Å². The lowest BCUT2D eigenvalue weighted by Crippen LogP contribution is -2.37. The minimum absolute atomic E-state index is 0.0249. The maximum Gasteiger partial charge on any atom is 0.472 e. The Kier molecular flexibility index (Phi) is 35.2. The van der Waals surface area contributed by atoms with E-state index >= 15 is 0 Å². The zero-order valence-corrected chi connectivity index (χ0v) is 36.1. The first-order chi connectivity index (χ1) is 26.0. The molecule has 0 heterocycles. The third-order valence-electron chi connectivity index (χ3n) is 8.83. The SMILES string of the molecule is CCCCC/C=C\C/C=C/CCCCCCCC(=O)OC[C@H](COP(=O)(O)OCC[N+](C)(C)C)OC(=O)CCCCCCC/C=C/C/C=C/CCCCC. The van der Waals surface area contributed by atoms with E-state index in [0.717, 1.165) is 83.5 Å². The fraction of sp³-hybridized carbons (Fsp3) is 0.773. The van der Waals surface area contributed by atoms with E-state index in [9.17, 15) is 19.0 Å². The van der Waals surface area contributed by atoms with Gasteiger partial charge in [0.15, 0.2) is 6.10 Å². The van der Waals surface area contributed by atoms with Crippen LogP contribution in [0.3, 0.4) is 0 Å². The Bertz CT molecular complexity index is 1070. The first-order valence-corrected chi connectivity index (χ1v) is 22.9. The highest BCUT2D eigenvalue weighted by molar-refractivity contribution is 7.47. The summed E-state index contributed by atoms with van der Waals surface area (Å²) in [6.45, 7) is 4.32. The lowest BCUT2D eigenvalue weighted by Gasteiger charge is -2.24. The van der Waals surface area contributed by atoms with Gasteiger partial charge >= 0.3 is 19.8 Å². The standard InChI is InChI=1S/C44H80NO8P/c1-6-8-10-12-14-16-18-20-22-24-26-28-30-32-34-36-43(46)50-40-42(41-52-54(48,49)51-39-38-45(3,4)5)53-44(47)37-35-33-31-29-27-25-23-21-19-17-15-13-11-9-7-2/h14-17,20-23,42H,6-13,18-19,24-41H2,1-5H3/p+1/b16-14-,17-15+,22-20+,23-21+/t42-/m1/s1. The van der Waals surface area contributed by atoms with Crippen LogP contribution in [-0.2, 0) is 32.7 Å². The first kappa shape index (κ1) is 52.0. The number of carbonyl (C=O) groups is 2. The molecule has 0 bridgehead atoms. The van der Waals surface area contributed by atoms with Gasteiger partial charge in [-0.3, -0.25) is 18.6 Å². The van der Waals surface area contributed by atoms with Crippen LogP contribution in [0.15, 0.2) is 48.6 Å². The molecule has 9 nitrogen and oxygen atoms in total. The Labute approximate surface area is 331 Å². The number of quaternary nitrogens is 1. The van der Waals surface area contributed by atoms with Crippen LogP contribution in [0.5, 0.6) is 0 Å². The number of unbranched alkanes of at least 4 members (excludes halogenated alkanes) is 16. The molecule has 0 aliphatic heterocycles. The Hall–Kier alpha value is -2.03. The van der Waals surface area contributed by atoms with E-state index < -0.39 is 26.5 Å². The molecule has 0 fully saturated rings. The van der Waals surface area contributed by atoms with Crippen molar-refractivity contribution >= 4 is 19.8 Å².